The molecule has 0 radical (unpaired) electrons. The van der Waals surface area contributed by atoms with Gasteiger partial charge in [0, 0.05) is 23.3 Å². The van der Waals surface area contributed by atoms with Gasteiger partial charge < -0.3 is 15.2 Å². The normalized spacial score (nSPS) is 11.8. The highest BCUT2D eigenvalue weighted by Crippen LogP contribution is 2.23. The van der Waals surface area contributed by atoms with Crippen molar-refractivity contribution >= 4 is 40.9 Å². The van der Waals surface area contributed by atoms with Gasteiger partial charge in [-0.05, 0) is 55.7 Å². The fourth-order valence-electron chi connectivity index (χ4n) is 3.28. The predicted molar refractivity (Wildman–Crippen MR) is 128 cm³/mol. The van der Waals surface area contributed by atoms with Crippen LogP contribution in [0.25, 0.3) is 0 Å². The molecule has 0 saturated heterocycles. The summed E-state index contributed by atoms with van der Waals surface area (Å²) in [7, 11) is 1.82. The van der Waals surface area contributed by atoms with Gasteiger partial charge in [0.05, 0.1) is 11.8 Å². The molecule has 1 aromatic heterocycles. The minimum atomic E-state index is -0.363. The average molecular weight is 472 g/mol. The zero-order valence-electron chi connectivity index (χ0n) is 18.5. The average Bonchev–Trinajstić information content (AvgIpc) is 3.14. The maximum atomic E-state index is 12.5. The Balaban J connectivity index is 1.60. The number of aromatic nitrogens is 3. The van der Waals surface area contributed by atoms with Crippen molar-refractivity contribution in [1.29, 1.82) is 0 Å². The van der Waals surface area contributed by atoms with Gasteiger partial charge in [0.2, 0.25) is 5.91 Å². The second kappa shape index (κ2) is 10.7. The zero-order chi connectivity index (χ0) is 23.3. The fraction of sp³-hybridized carbons (Fsp3) is 0.304. The van der Waals surface area contributed by atoms with E-state index in [0.29, 0.717) is 21.6 Å². The van der Waals surface area contributed by atoms with Gasteiger partial charge in [0.1, 0.15) is 0 Å². The summed E-state index contributed by atoms with van der Waals surface area (Å²) >= 11 is 7.18. The largest absolute Gasteiger partial charge is 0.342 e. The van der Waals surface area contributed by atoms with Crippen LogP contribution in [0.3, 0.4) is 0 Å². The van der Waals surface area contributed by atoms with E-state index in [9.17, 15) is 9.59 Å². The van der Waals surface area contributed by atoms with E-state index in [2.05, 4.69) is 27.8 Å². The Hall–Kier alpha value is -2.84. The van der Waals surface area contributed by atoms with Crippen LogP contribution in [0.5, 0.6) is 0 Å². The van der Waals surface area contributed by atoms with E-state index in [-0.39, 0.29) is 23.6 Å². The first-order valence-corrected chi connectivity index (χ1v) is 11.6. The van der Waals surface area contributed by atoms with Gasteiger partial charge in [-0.1, -0.05) is 48.5 Å². The maximum Gasteiger partial charge on any atom is 0.251 e. The number of thioether (sulfide) groups is 1. The minimum absolute atomic E-state index is 0.104. The lowest BCUT2D eigenvalue weighted by Gasteiger charge is -2.14. The molecule has 0 aliphatic carbocycles. The number of carbonyl (C=O) groups excluding carboxylic acids is 2. The Morgan fingerprint density at radius 1 is 1.16 bits per heavy atom. The molecule has 0 saturated carbocycles. The Kier molecular flexibility index (Phi) is 7.93. The first-order chi connectivity index (χ1) is 15.3. The summed E-state index contributed by atoms with van der Waals surface area (Å²) < 4.78 is 1.79. The summed E-state index contributed by atoms with van der Waals surface area (Å²) in [5, 5.41) is 15.5. The molecule has 168 valence electrons. The van der Waals surface area contributed by atoms with Gasteiger partial charge in [-0.25, -0.2) is 0 Å². The van der Waals surface area contributed by atoms with E-state index >= 15 is 0 Å². The van der Waals surface area contributed by atoms with Gasteiger partial charge in [-0.2, -0.15) is 0 Å². The molecule has 32 heavy (non-hydrogen) atoms. The number of para-hydroxylation sites is 1. The number of halogens is 1. The van der Waals surface area contributed by atoms with Crippen molar-refractivity contribution in [3.63, 3.8) is 0 Å². The van der Waals surface area contributed by atoms with Gasteiger partial charge in [-0.3, -0.25) is 9.59 Å². The van der Waals surface area contributed by atoms with E-state index in [1.54, 1.807) is 28.8 Å². The molecule has 0 fully saturated rings. The molecule has 0 aliphatic heterocycles. The molecular formula is C23H26ClN5O2S. The summed E-state index contributed by atoms with van der Waals surface area (Å²) in [6.07, 6.45) is 0.844. The molecule has 0 unspecified atom stereocenters. The molecule has 9 heteroatoms. The molecule has 0 bridgehead atoms. The van der Waals surface area contributed by atoms with E-state index in [0.717, 1.165) is 23.2 Å². The molecule has 2 amide bonds. The number of aryl methyl sites for hydroxylation is 2. The molecule has 7 nitrogen and oxygen atoms in total. The lowest BCUT2D eigenvalue weighted by molar-refractivity contribution is -0.113. The van der Waals surface area contributed by atoms with E-state index in [1.165, 1.54) is 11.8 Å². The van der Waals surface area contributed by atoms with Crippen LogP contribution in [0.1, 0.15) is 47.2 Å². The van der Waals surface area contributed by atoms with Crippen molar-refractivity contribution in [2.45, 2.75) is 38.4 Å². The molecule has 1 atom stereocenters. The molecule has 3 rings (SSSR count). The van der Waals surface area contributed by atoms with Crippen LogP contribution in [0.4, 0.5) is 5.69 Å². The Morgan fingerprint density at radius 3 is 2.56 bits per heavy atom. The van der Waals surface area contributed by atoms with Crippen molar-refractivity contribution in [2.24, 2.45) is 7.05 Å². The van der Waals surface area contributed by atoms with Crippen molar-refractivity contribution in [1.82, 2.24) is 20.1 Å². The van der Waals surface area contributed by atoms with Crippen LogP contribution in [0, 0.1) is 6.92 Å². The smallest absolute Gasteiger partial charge is 0.251 e. The number of hydrogen-bond donors (Lipinski definition) is 2. The number of carbonyl (C=O) groups is 2. The third-order valence-electron chi connectivity index (χ3n) is 5.05. The van der Waals surface area contributed by atoms with Crippen LogP contribution in [-0.4, -0.2) is 32.3 Å². The van der Waals surface area contributed by atoms with Gasteiger partial charge in [0.15, 0.2) is 11.0 Å². The summed E-state index contributed by atoms with van der Waals surface area (Å²) in [6.45, 7) is 5.88. The second-order valence-electron chi connectivity index (χ2n) is 7.40. The summed E-state index contributed by atoms with van der Waals surface area (Å²) in [4.78, 5) is 25.0. The lowest BCUT2D eigenvalue weighted by atomic mass is 10.1. The van der Waals surface area contributed by atoms with Crippen LogP contribution >= 0.6 is 23.4 Å². The van der Waals surface area contributed by atoms with Gasteiger partial charge >= 0.3 is 0 Å². The Labute approximate surface area is 197 Å². The van der Waals surface area contributed by atoms with Crippen molar-refractivity contribution in [3.8, 4) is 0 Å². The highest BCUT2D eigenvalue weighted by atomic mass is 35.5. The van der Waals surface area contributed by atoms with Crippen LogP contribution in [-0.2, 0) is 18.3 Å². The summed E-state index contributed by atoms with van der Waals surface area (Å²) in [5.41, 5.74) is 3.53. The number of benzene rings is 2. The van der Waals surface area contributed by atoms with Crippen LogP contribution in [0.15, 0.2) is 47.6 Å². The van der Waals surface area contributed by atoms with Crippen molar-refractivity contribution in [3.05, 3.63) is 70.0 Å². The number of anilines is 1. The number of hydrogen-bond acceptors (Lipinski definition) is 5. The predicted octanol–water partition coefficient (Wildman–Crippen LogP) is 4.56. The van der Waals surface area contributed by atoms with E-state index in [1.807, 2.05) is 39.1 Å². The maximum absolute atomic E-state index is 12.5. The highest BCUT2D eigenvalue weighted by Gasteiger charge is 2.19. The molecular weight excluding hydrogens is 446 g/mol. The number of amides is 2. The van der Waals surface area contributed by atoms with Crippen molar-refractivity contribution in [2.75, 3.05) is 11.1 Å². The number of nitrogens with zero attached hydrogens (tertiary/aromatic N) is 3. The van der Waals surface area contributed by atoms with Crippen LogP contribution in [0.2, 0.25) is 5.02 Å². The van der Waals surface area contributed by atoms with E-state index < -0.39 is 0 Å². The standard InChI is InChI=1S/C23H26ClN5O2S/c1-5-16-8-6-7-14(2)20(16)26-19(30)13-32-23-28-27-21(29(23)4)15(3)25-22(31)17-9-11-18(24)12-10-17/h6-12,15H,5,13H2,1-4H3,(H,25,31)(H,26,30)/t15-/m1/s1. The van der Waals surface area contributed by atoms with Crippen LogP contribution < -0.4 is 10.6 Å². The van der Waals surface area contributed by atoms with Gasteiger partial charge in [-0.15, -0.1) is 10.2 Å². The SMILES string of the molecule is CCc1cccc(C)c1NC(=O)CSc1nnc([C@@H](C)NC(=O)c2ccc(Cl)cc2)n1C. The highest BCUT2D eigenvalue weighted by molar-refractivity contribution is 7.99. The molecule has 3 aromatic rings. The third kappa shape index (κ3) is 5.69. The second-order valence-corrected chi connectivity index (χ2v) is 8.78. The minimum Gasteiger partial charge on any atom is -0.342 e. The Morgan fingerprint density at radius 2 is 1.88 bits per heavy atom. The fourth-order valence-corrected chi connectivity index (χ4v) is 4.13. The monoisotopic (exact) mass is 471 g/mol. The number of nitrogens with one attached hydrogen (secondary N) is 2. The molecule has 1 heterocycles. The molecule has 2 N–H and O–H groups in total. The molecule has 0 aliphatic rings. The first kappa shape index (κ1) is 23.8. The zero-order valence-corrected chi connectivity index (χ0v) is 20.0. The first-order valence-electron chi connectivity index (χ1n) is 10.3. The summed E-state index contributed by atoms with van der Waals surface area (Å²) in [6, 6.07) is 12.3. The Bertz CT molecular complexity index is 1110. The van der Waals surface area contributed by atoms with Gasteiger partial charge in [0.25, 0.3) is 5.91 Å². The third-order valence-corrected chi connectivity index (χ3v) is 6.32. The van der Waals surface area contributed by atoms with Crippen molar-refractivity contribution < 1.29 is 9.59 Å². The molecule has 2 aromatic carbocycles. The number of rotatable bonds is 8. The summed E-state index contributed by atoms with van der Waals surface area (Å²) in [5.74, 6) is 0.473. The molecule has 0 spiro atoms. The topological polar surface area (TPSA) is 88.9 Å². The lowest BCUT2D eigenvalue weighted by Crippen LogP contribution is -2.28. The quantitative estimate of drug-likeness (QED) is 0.470. The van der Waals surface area contributed by atoms with E-state index in [4.69, 9.17) is 11.6 Å².